The summed E-state index contributed by atoms with van der Waals surface area (Å²) in [5.41, 5.74) is 0. The van der Waals surface area contributed by atoms with Crippen LogP contribution in [0.4, 0.5) is 0 Å². The van der Waals surface area contributed by atoms with Crippen LogP contribution in [0.5, 0.6) is 0 Å². The molecule has 6 heteroatoms. The van der Waals surface area contributed by atoms with Crippen molar-refractivity contribution in [3.63, 3.8) is 0 Å². The van der Waals surface area contributed by atoms with Crippen molar-refractivity contribution in [1.82, 2.24) is 0 Å². The van der Waals surface area contributed by atoms with Crippen molar-refractivity contribution >= 4 is 17.9 Å². The Morgan fingerprint density at radius 3 is 0.848 bits per heavy atom. The summed E-state index contributed by atoms with van der Waals surface area (Å²) >= 11 is 0. The van der Waals surface area contributed by atoms with Crippen molar-refractivity contribution in [3.05, 3.63) is 122 Å². The Bertz CT molecular complexity index is 1640. The van der Waals surface area contributed by atoms with Crippen molar-refractivity contribution in [2.45, 2.75) is 309 Å². The molecule has 0 aromatic carbocycles. The van der Waals surface area contributed by atoms with Gasteiger partial charge in [-0.15, -0.1) is 0 Å². The van der Waals surface area contributed by atoms with Crippen molar-refractivity contribution < 1.29 is 28.6 Å². The van der Waals surface area contributed by atoms with Crippen LogP contribution in [0, 0.1) is 0 Å². The highest BCUT2D eigenvalue weighted by atomic mass is 16.6. The van der Waals surface area contributed by atoms with Gasteiger partial charge in [0.15, 0.2) is 6.10 Å². The molecule has 0 saturated carbocycles. The first kappa shape index (κ1) is 74.8. The molecule has 0 spiro atoms. The summed E-state index contributed by atoms with van der Waals surface area (Å²) in [7, 11) is 0. The summed E-state index contributed by atoms with van der Waals surface area (Å²) in [6, 6.07) is 0. The average Bonchev–Trinajstić information content (AvgIpc) is 3.45. The number of hydrogen-bond acceptors (Lipinski definition) is 6. The third kappa shape index (κ3) is 64.5. The second-order valence-corrected chi connectivity index (χ2v) is 21.6. The zero-order valence-corrected chi connectivity index (χ0v) is 51.6. The van der Waals surface area contributed by atoms with E-state index in [1.807, 2.05) is 6.08 Å². The van der Waals surface area contributed by atoms with Crippen molar-refractivity contribution in [2.75, 3.05) is 13.2 Å². The Morgan fingerprint density at radius 2 is 0.519 bits per heavy atom. The molecule has 0 rings (SSSR count). The summed E-state index contributed by atoms with van der Waals surface area (Å²) < 4.78 is 16.9. The minimum absolute atomic E-state index is 0.102. The van der Waals surface area contributed by atoms with Crippen molar-refractivity contribution in [1.29, 1.82) is 0 Å². The first-order valence-corrected chi connectivity index (χ1v) is 33.0. The Labute approximate surface area is 488 Å². The van der Waals surface area contributed by atoms with Gasteiger partial charge in [-0.2, -0.15) is 0 Å². The predicted octanol–water partition coefficient (Wildman–Crippen LogP) is 22.8. The van der Waals surface area contributed by atoms with Crippen LogP contribution < -0.4 is 0 Å². The molecule has 0 amide bonds. The molecule has 0 fully saturated rings. The molecule has 6 nitrogen and oxygen atoms in total. The van der Waals surface area contributed by atoms with E-state index < -0.39 is 6.10 Å². The SMILES string of the molecule is CC/C=C\C/C=C\C/C=C\C/C=C\C/C=C\C/C=C\CCCCCCCCCCCCC(=O)OCC(COC(=O)CC/C=C\C/C=C\C/C=C\C/C=C\CC)OC(=O)CCCCCCCCCCCCCCCCCCCCC. The summed E-state index contributed by atoms with van der Waals surface area (Å²) in [4.78, 5) is 38.3. The summed E-state index contributed by atoms with van der Waals surface area (Å²) in [6.45, 7) is 6.37. The lowest BCUT2D eigenvalue weighted by Crippen LogP contribution is -2.30. The van der Waals surface area contributed by atoms with Gasteiger partial charge in [-0.3, -0.25) is 14.4 Å². The number of ether oxygens (including phenoxy) is 3. The van der Waals surface area contributed by atoms with Crippen LogP contribution >= 0.6 is 0 Å². The van der Waals surface area contributed by atoms with Crippen LogP contribution in [-0.2, 0) is 28.6 Å². The smallest absolute Gasteiger partial charge is 0.306 e. The van der Waals surface area contributed by atoms with Crippen molar-refractivity contribution in [2.24, 2.45) is 0 Å². The van der Waals surface area contributed by atoms with E-state index in [1.165, 1.54) is 154 Å². The standard InChI is InChI=1S/C73H122O6/c1-4-7-10-13-16-19-22-25-27-29-31-32-33-34-35-36-37-38-39-40-42-43-45-48-51-54-57-60-63-66-72(75)78-69-70(68-77-71(74)65-62-59-56-53-50-47-24-21-18-15-12-9-6-3)79-73(76)67-64-61-58-55-52-49-46-44-41-30-28-26-23-20-17-14-11-8-5-2/h7,9-10,12,16,18-19,21,25,27,31-32,34-35,37-38,47,50,56,59,70H,4-6,8,11,13-15,17,20,22-24,26,28-30,33,36,39-46,48-49,51-55,57-58,60-69H2,1-3H3/b10-7-,12-9-,19-16-,21-18-,27-25-,32-31-,35-34-,38-37-,50-47-,59-56-. The molecule has 0 heterocycles. The van der Waals surface area contributed by atoms with E-state index in [9.17, 15) is 14.4 Å². The van der Waals surface area contributed by atoms with Gasteiger partial charge in [-0.25, -0.2) is 0 Å². The van der Waals surface area contributed by atoms with Gasteiger partial charge in [-0.05, 0) is 96.3 Å². The molecule has 450 valence electrons. The number of allylic oxidation sites excluding steroid dienone is 20. The molecule has 0 aliphatic heterocycles. The Hall–Kier alpha value is -4.19. The number of unbranched alkanes of at least 4 members (excludes halogenated alkanes) is 28. The third-order valence-corrected chi connectivity index (χ3v) is 14.0. The van der Waals surface area contributed by atoms with Gasteiger partial charge < -0.3 is 14.2 Å². The molecule has 0 aliphatic rings. The van der Waals surface area contributed by atoms with Crippen molar-refractivity contribution in [3.8, 4) is 0 Å². The van der Waals surface area contributed by atoms with Crippen LogP contribution in [0.3, 0.4) is 0 Å². The van der Waals surface area contributed by atoms with E-state index in [1.54, 1.807) is 0 Å². The lowest BCUT2D eigenvalue weighted by atomic mass is 10.0. The van der Waals surface area contributed by atoms with Gasteiger partial charge >= 0.3 is 17.9 Å². The summed E-state index contributed by atoms with van der Waals surface area (Å²) in [6.07, 6.45) is 92.3. The van der Waals surface area contributed by atoms with Crippen LogP contribution in [0.1, 0.15) is 303 Å². The maximum absolute atomic E-state index is 12.9. The van der Waals surface area contributed by atoms with E-state index in [-0.39, 0.29) is 37.5 Å². The summed E-state index contributed by atoms with van der Waals surface area (Å²) in [5, 5.41) is 0. The van der Waals surface area contributed by atoms with Gasteiger partial charge in [-0.1, -0.05) is 309 Å². The molecule has 1 unspecified atom stereocenters. The maximum Gasteiger partial charge on any atom is 0.306 e. The maximum atomic E-state index is 12.9. The molecular weight excluding hydrogens is 973 g/mol. The first-order chi connectivity index (χ1) is 39.0. The zero-order chi connectivity index (χ0) is 57.1. The van der Waals surface area contributed by atoms with Crippen LogP contribution in [0.2, 0.25) is 0 Å². The van der Waals surface area contributed by atoms with E-state index in [0.29, 0.717) is 19.3 Å². The lowest BCUT2D eigenvalue weighted by molar-refractivity contribution is -0.166. The van der Waals surface area contributed by atoms with Crippen LogP contribution in [0.15, 0.2) is 122 Å². The van der Waals surface area contributed by atoms with E-state index in [4.69, 9.17) is 14.2 Å². The normalized spacial score (nSPS) is 12.9. The zero-order valence-electron chi connectivity index (χ0n) is 51.6. The van der Waals surface area contributed by atoms with E-state index >= 15 is 0 Å². The fraction of sp³-hybridized carbons (Fsp3) is 0.685. The fourth-order valence-electron chi connectivity index (χ4n) is 9.11. The average molecular weight is 1100 g/mol. The van der Waals surface area contributed by atoms with Crippen LogP contribution in [-0.4, -0.2) is 37.2 Å². The molecule has 1 atom stereocenters. The minimum atomic E-state index is -0.810. The Balaban J connectivity index is 4.33. The molecule has 0 N–H and O–H groups in total. The Morgan fingerprint density at radius 1 is 0.266 bits per heavy atom. The monoisotopic (exact) mass is 1090 g/mol. The van der Waals surface area contributed by atoms with Gasteiger partial charge in [0.25, 0.3) is 0 Å². The second kappa shape index (κ2) is 66.3. The largest absolute Gasteiger partial charge is 0.462 e. The number of hydrogen-bond donors (Lipinski definition) is 0. The predicted molar refractivity (Wildman–Crippen MR) is 343 cm³/mol. The number of rotatable bonds is 59. The quantitative estimate of drug-likeness (QED) is 0.0261. The minimum Gasteiger partial charge on any atom is -0.462 e. The van der Waals surface area contributed by atoms with Gasteiger partial charge in [0.1, 0.15) is 13.2 Å². The molecular formula is C73H122O6. The third-order valence-electron chi connectivity index (χ3n) is 14.0. The first-order valence-electron chi connectivity index (χ1n) is 33.0. The number of esters is 3. The van der Waals surface area contributed by atoms with Gasteiger partial charge in [0.05, 0.1) is 0 Å². The molecule has 0 aliphatic carbocycles. The molecule has 0 saturated heterocycles. The van der Waals surface area contributed by atoms with E-state index in [2.05, 4.69) is 136 Å². The topological polar surface area (TPSA) is 78.9 Å². The molecule has 0 bridgehead atoms. The highest BCUT2D eigenvalue weighted by Gasteiger charge is 2.19. The summed E-state index contributed by atoms with van der Waals surface area (Å²) in [5.74, 6) is -0.982. The highest BCUT2D eigenvalue weighted by molar-refractivity contribution is 5.71. The van der Waals surface area contributed by atoms with Gasteiger partial charge in [0.2, 0.25) is 0 Å². The number of carbonyl (C=O) groups is 3. The lowest BCUT2D eigenvalue weighted by Gasteiger charge is -2.18. The van der Waals surface area contributed by atoms with Crippen LogP contribution in [0.25, 0.3) is 0 Å². The van der Waals surface area contributed by atoms with Gasteiger partial charge in [0, 0.05) is 19.3 Å². The fourth-order valence-corrected chi connectivity index (χ4v) is 9.11. The Kier molecular flexibility index (Phi) is 62.8. The molecule has 0 radical (unpaired) electrons. The second-order valence-electron chi connectivity index (χ2n) is 21.6. The molecule has 0 aromatic rings. The van der Waals surface area contributed by atoms with E-state index in [0.717, 1.165) is 103 Å². The highest BCUT2D eigenvalue weighted by Crippen LogP contribution is 2.17. The molecule has 0 aromatic heterocycles. The number of carbonyl (C=O) groups excluding carboxylic acids is 3. The molecule has 79 heavy (non-hydrogen) atoms.